The molecule has 0 radical (unpaired) electrons. The lowest BCUT2D eigenvalue weighted by Crippen LogP contribution is -2.30. The van der Waals surface area contributed by atoms with Crippen LogP contribution in [0.1, 0.15) is 401 Å². The molecule has 7 atom stereocenters. The standard InChI is InChI=1S/C77H150O17P2/c1-7-11-13-15-17-19-21-23-24-25-26-27-28-30-36-43-49-55-61-76(81)93-72(65-88-75(80)60-54-48-42-35-32-31-33-39-45-51-57-69(5)9-3)67-91-95(83,84)89-63-71(78)64-90-96(85,86)92-68-73(94-77(82)62-56-50-44-38-37-40-46-52-58-70(6)10-4)66-87-74(79)59-53-47-41-34-29-22-20-18-16-14-12-8-2/h69-73,78H,7-68H2,1-6H3,(H,83,84)(H,85,86)/t69?,70?,71-,72-,73-/m1/s1. The minimum atomic E-state index is -4.96. The van der Waals surface area contributed by atoms with Crippen LogP contribution in [0, 0.1) is 11.8 Å². The monoisotopic (exact) mass is 1410 g/mol. The third-order valence-electron chi connectivity index (χ3n) is 18.7. The molecule has 570 valence electrons. The van der Waals surface area contributed by atoms with E-state index in [9.17, 15) is 43.2 Å². The predicted molar refractivity (Wildman–Crippen MR) is 391 cm³/mol. The van der Waals surface area contributed by atoms with E-state index < -0.39 is 97.5 Å². The van der Waals surface area contributed by atoms with Gasteiger partial charge in [-0.1, -0.05) is 350 Å². The molecular weight excluding hydrogens is 1260 g/mol. The number of aliphatic hydroxyl groups is 1. The first-order chi connectivity index (χ1) is 46.4. The van der Waals surface area contributed by atoms with Crippen molar-refractivity contribution in [1.29, 1.82) is 0 Å². The lowest BCUT2D eigenvalue weighted by molar-refractivity contribution is -0.161. The van der Waals surface area contributed by atoms with Crippen molar-refractivity contribution in [2.45, 2.75) is 419 Å². The van der Waals surface area contributed by atoms with Crippen LogP contribution in [0.15, 0.2) is 0 Å². The molecule has 0 bridgehead atoms. The lowest BCUT2D eigenvalue weighted by Gasteiger charge is -2.21. The maximum absolute atomic E-state index is 13.1. The number of phosphoric ester groups is 2. The number of unbranched alkanes of at least 4 members (excludes halogenated alkanes) is 44. The molecule has 19 heteroatoms. The highest BCUT2D eigenvalue weighted by atomic mass is 31.2. The van der Waals surface area contributed by atoms with Crippen molar-refractivity contribution >= 4 is 39.5 Å². The number of hydrogen-bond donors (Lipinski definition) is 3. The minimum Gasteiger partial charge on any atom is -0.462 e. The maximum atomic E-state index is 13.1. The third kappa shape index (κ3) is 67.9. The molecule has 0 amide bonds. The van der Waals surface area contributed by atoms with Gasteiger partial charge in [-0.2, -0.15) is 0 Å². The van der Waals surface area contributed by atoms with Gasteiger partial charge in [0, 0.05) is 25.7 Å². The Morgan fingerprint density at radius 1 is 0.292 bits per heavy atom. The van der Waals surface area contributed by atoms with Gasteiger partial charge >= 0.3 is 39.5 Å². The van der Waals surface area contributed by atoms with E-state index in [-0.39, 0.29) is 25.7 Å². The smallest absolute Gasteiger partial charge is 0.462 e. The van der Waals surface area contributed by atoms with E-state index in [0.717, 1.165) is 102 Å². The second-order valence-electron chi connectivity index (χ2n) is 28.2. The number of aliphatic hydroxyl groups excluding tert-OH is 1. The Bertz CT molecular complexity index is 1860. The summed E-state index contributed by atoms with van der Waals surface area (Å²) in [6, 6.07) is 0. The first-order valence-electron chi connectivity index (χ1n) is 40.1. The second kappa shape index (κ2) is 68.8. The van der Waals surface area contributed by atoms with E-state index in [2.05, 4.69) is 41.5 Å². The molecule has 0 saturated heterocycles. The van der Waals surface area contributed by atoms with Crippen molar-refractivity contribution < 1.29 is 80.2 Å². The summed E-state index contributed by atoms with van der Waals surface area (Å²) in [7, 11) is -9.91. The molecule has 0 saturated carbocycles. The van der Waals surface area contributed by atoms with Crippen LogP contribution in [0.4, 0.5) is 0 Å². The summed E-state index contributed by atoms with van der Waals surface area (Å²) < 4.78 is 68.6. The van der Waals surface area contributed by atoms with Gasteiger partial charge < -0.3 is 33.8 Å². The Kier molecular flexibility index (Phi) is 67.4. The van der Waals surface area contributed by atoms with Crippen molar-refractivity contribution in [2.75, 3.05) is 39.6 Å². The predicted octanol–water partition coefficient (Wildman–Crippen LogP) is 22.7. The average Bonchev–Trinajstić information content (AvgIpc) is 1.27. The van der Waals surface area contributed by atoms with Crippen molar-refractivity contribution in [2.24, 2.45) is 11.8 Å². The number of rotatable bonds is 76. The van der Waals surface area contributed by atoms with Crippen molar-refractivity contribution in [3.8, 4) is 0 Å². The summed E-state index contributed by atoms with van der Waals surface area (Å²) in [5.41, 5.74) is 0. The highest BCUT2D eigenvalue weighted by molar-refractivity contribution is 7.47. The largest absolute Gasteiger partial charge is 0.472 e. The first kappa shape index (κ1) is 94.1. The van der Waals surface area contributed by atoms with E-state index in [0.29, 0.717) is 25.7 Å². The van der Waals surface area contributed by atoms with E-state index in [1.807, 2.05) is 0 Å². The lowest BCUT2D eigenvalue weighted by atomic mass is 9.99. The molecule has 4 unspecified atom stereocenters. The molecule has 0 aromatic heterocycles. The molecule has 0 aromatic carbocycles. The summed E-state index contributed by atoms with van der Waals surface area (Å²) in [5, 5.41) is 10.6. The van der Waals surface area contributed by atoms with E-state index >= 15 is 0 Å². The van der Waals surface area contributed by atoms with Gasteiger partial charge in [0.25, 0.3) is 0 Å². The van der Waals surface area contributed by atoms with Crippen molar-refractivity contribution in [1.82, 2.24) is 0 Å². The molecule has 0 spiro atoms. The summed E-state index contributed by atoms with van der Waals surface area (Å²) in [6.07, 6.45) is 56.7. The fourth-order valence-corrected chi connectivity index (χ4v) is 13.3. The molecule has 0 aromatic rings. The zero-order valence-corrected chi connectivity index (χ0v) is 64.5. The molecule has 17 nitrogen and oxygen atoms in total. The Hall–Kier alpha value is -1.94. The van der Waals surface area contributed by atoms with Crippen LogP contribution in [0.25, 0.3) is 0 Å². The van der Waals surface area contributed by atoms with E-state index in [1.165, 1.54) is 218 Å². The maximum Gasteiger partial charge on any atom is 0.472 e. The number of carbonyl (C=O) groups excluding carboxylic acids is 4. The quantitative estimate of drug-likeness (QED) is 0.0222. The molecule has 0 aliphatic rings. The molecule has 96 heavy (non-hydrogen) atoms. The average molecular weight is 1410 g/mol. The SMILES string of the molecule is CCCCCCCCCCCCCCCCCCCCC(=O)O[C@H](COC(=O)CCCCCCCCCCCCC(C)CC)COP(=O)(O)OC[C@@H](O)COP(=O)(O)OC[C@@H](COC(=O)CCCCCCCCCCCCCC)OC(=O)CCCCCCCCCCC(C)CC. The van der Waals surface area contributed by atoms with Gasteiger partial charge in [0.15, 0.2) is 12.2 Å². The highest BCUT2D eigenvalue weighted by Crippen LogP contribution is 2.45. The molecule has 0 aliphatic heterocycles. The summed E-state index contributed by atoms with van der Waals surface area (Å²) in [5.74, 6) is -0.535. The molecule has 0 aliphatic carbocycles. The van der Waals surface area contributed by atoms with Crippen LogP contribution in [0.5, 0.6) is 0 Å². The topological polar surface area (TPSA) is 237 Å². The summed E-state index contributed by atoms with van der Waals surface area (Å²) >= 11 is 0. The van der Waals surface area contributed by atoms with Gasteiger partial charge in [0.05, 0.1) is 26.4 Å². The molecule has 0 heterocycles. The number of carbonyl (C=O) groups is 4. The second-order valence-corrected chi connectivity index (χ2v) is 31.1. The number of phosphoric acid groups is 2. The van der Waals surface area contributed by atoms with Crippen LogP contribution in [-0.4, -0.2) is 96.7 Å². The molecule has 0 rings (SSSR count). The van der Waals surface area contributed by atoms with Crippen LogP contribution >= 0.6 is 15.6 Å². The van der Waals surface area contributed by atoms with Gasteiger partial charge in [0.1, 0.15) is 19.3 Å². The normalized spacial score (nSPS) is 14.6. The van der Waals surface area contributed by atoms with Gasteiger partial charge in [0.2, 0.25) is 0 Å². The zero-order valence-electron chi connectivity index (χ0n) is 62.7. The Balaban J connectivity index is 5.26. The van der Waals surface area contributed by atoms with Gasteiger partial charge in [-0.15, -0.1) is 0 Å². The zero-order chi connectivity index (χ0) is 70.7. The molecule has 3 N–H and O–H groups in total. The van der Waals surface area contributed by atoms with Crippen LogP contribution in [0.3, 0.4) is 0 Å². The fourth-order valence-electron chi connectivity index (χ4n) is 11.8. The van der Waals surface area contributed by atoms with Gasteiger partial charge in [-0.25, -0.2) is 9.13 Å². The van der Waals surface area contributed by atoms with Crippen LogP contribution in [-0.2, 0) is 65.4 Å². The van der Waals surface area contributed by atoms with Gasteiger partial charge in [-0.3, -0.25) is 37.3 Å². The Morgan fingerprint density at radius 3 is 0.740 bits per heavy atom. The van der Waals surface area contributed by atoms with E-state index in [4.69, 9.17) is 37.0 Å². The molecule has 0 fully saturated rings. The van der Waals surface area contributed by atoms with E-state index in [1.54, 1.807) is 0 Å². The number of hydrogen-bond acceptors (Lipinski definition) is 15. The highest BCUT2D eigenvalue weighted by Gasteiger charge is 2.30. The van der Waals surface area contributed by atoms with Crippen molar-refractivity contribution in [3.05, 3.63) is 0 Å². The Labute approximate surface area is 588 Å². The van der Waals surface area contributed by atoms with Crippen LogP contribution in [0.2, 0.25) is 0 Å². The van der Waals surface area contributed by atoms with Crippen LogP contribution < -0.4 is 0 Å². The number of esters is 4. The Morgan fingerprint density at radius 2 is 0.500 bits per heavy atom. The summed E-state index contributed by atoms with van der Waals surface area (Å²) in [6.45, 7) is 9.63. The van der Waals surface area contributed by atoms with Crippen molar-refractivity contribution in [3.63, 3.8) is 0 Å². The summed E-state index contributed by atoms with van der Waals surface area (Å²) in [4.78, 5) is 72.9. The first-order valence-corrected chi connectivity index (χ1v) is 43.1. The van der Waals surface area contributed by atoms with Gasteiger partial charge in [-0.05, 0) is 37.5 Å². The third-order valence-corrected chi connectivity index (χ3v) is 20.6. The number of ether oxygens (including phenoxy) is 4. The fraction of sp³-hybridized carbons (Fsp3) is 0.948. The minimum absolute atomic E-state index is 0.105. The molecular formula is C77H150O17P2.